The van der Waals surface area contributed by atoms with E-state index >= 15 is 0 Å². The molecular formula is C20H23N5O2. The molecule has 0 radical (unpaired) electrons. The second kappa shape index (κ2) is 6.98. The highest BCUT2D eigenvalue weighted by Gasteiger charge is 2.34. The van der Waals surface area contributed by atoms with Crippen LogP contribution in [-0.4, -0.2) is 53.9 Å². The summed E-state index contributed by atoms with van der Waals surface area (Å²) in [5.41, 5.74) is 2.95. The number of carbonyl (C=O) groups excluding carboxylic acids is 2. The number of aromatic nitrogens is 2. The van der Waals surface area contributed by atoms with E-state index in [1.807, 2.05) is 54.2 Å². The summed E-state index contributed by atoms with van der Waals surface area (Å²) in [4.78, 5) is 37.6. The van der Waals surface area contributed by atoms with Crippen LogP contribution in [0.3, 0.4) is 0 Å². The van der Waals surface area contributed by atoms with Gasteiger partial charge in [0, 0.05) is 44.7 Å². The molecule has 27 heavy (non-hydrogen) atoms. The van der Waals surface area contributed by atoms with E-state index in [0.29, 0.717) is 25.5 Å². The highest BCUT2D eigenvalue weighted by atomic mass is 16.2. The highest BCUT2D eigenvalue weighted by Crippen LogP contribution is 2.29. The van der Waals surface area contributed by atoms with Gasteiger partial charge in [-0.3, -0.25) is 9.59 Å². The largest absolute Gasteiger partial charge is 0.362 e. The number of amides is 2. The van der Waals surface area contributed by atoms with Crippen LogP contribution in [0.1, 0.15) is 17.7 Å². The van der Waals surface area contributed by atoms with Crippen molar-refractivity contribution in [3.05, 3.63) is 41.6 Å². The standard InChI is InChI=1S/C20H23N5O2/c1-24(2)19-15-8-9-25(20(27)14-10-17(26)21-11-14)12-16(15)22-18(23-19)13-6-4-3-5-7-13/h3-7,14H,8-12H2,1-2H3,(H,21,26). The first-order chi connectivity index (χ1) is 13.0. The van der Waals surface area contributed by atoms with E-state index in [4.69, 9.17) is 9.97 Å². The second-order valence-corrected chi connectivity index (χ2v) is 7.27. The van der Waals surface area contributed by atoms with Crippen LogP contribution in [-0.2, 0) is 22.6 Å². The topological polar surface area (TPSA) is 78.4 Å². The maximum atomic E-state index is 12.8. The summed E-state index contributed by atoms with van der Waals surface area (Å²) in [6.45, 7) is 1.52. The molecule has 7 nitrogen and oxygen atoms in total. The van der Waals surface area contributed by atoms with E-state index in [9.17, 15) is 9.59 Å². The lowest BCUT2D eigenvalue weighted by molar-refractivity contribution is -0.136. The smallest absolute Gasteiger partial charge is 0.228 e. The third-order valence-corrected chi connectivity index (χ3v) is 5.14. The van der Waals surface area contributed by atoms with E-state index in [1.54, 1.807) is 0 Å². The number of nitrogens with one attached hydrogen (secondary N) is 1. The van der Waals surface area contributed by atoms with Crippen molar-refractivity contribution in [2.45, 2.75) is 19.4 Å². The Morgan fingerprint density at radius 3 is 2.67 bits per heavy atom. The van der Waals surface area contributed by atoms with Crippen molar-refractivity contribution in [3.8, 4) is 11.4 Å². The summed E-state index contributed by atoms with van der Waals surface area (Å²) in [6, 6.07) is 9.87. The van der Waals surface area contributed by atoms with Gasteiger partial charge >= 0.3 is 0 Å². The summed E-state index contributed by atoms with van der Waals surface area (Å²) >= 11 is 0. The van der Waals surface area contributed by atoms with Gasteiger partial charge in [0.25, 0.3) is 0 Å². The molecule has 4 rings (SSSR count). The van der Waals surface area contributed by atoms with E-state index in [0.717, 1.165) is 29.1 Å². The molecule has 0 spiro atoms. The molecular weight excluding hydrogens is 342 g/mol. The van der Waals surface area contributed by atoms with Gasteiger partial charge in [-0.05, 0) is 6.42 Å². The van der Waals surface area contributed by atoms with Gasteiger partial charge in [-0.1, -0.05) is 30.3 Å². The minimum atomic E-state index is -0.261. The van der Waals surface area contributed by atoms with Gasteiger partial charge in [0.1, 0.15) is 5.82 Å². The van der Waals surface area contributed by atoms with E-state index in [-0.39, 0.29) is 24.2 Å². The fraction of sp³-hybridized carbons (Fsp3) is 0.400. The Morgan fingerprint density at radius 2 is 2.00 bits per heavy atom. The van der Waals surface area contributed by atoms with Gasteiger partial charge < -0.3 is 15.1 Å². The van der Waals surface area contributed by atoms with Crippen LogP contribution < -0.4 is 10.2 Å². The van der Waals surface area contributed by atoms with Crippen LogP contribution >= 0.6 is 0 Å². The zero-order valence-corrected chi connectivity index (χ0v) is 15.6. The predicted molar refractivity (Wildman–Crippen MR) is 102 cm³/mol. The first-order valence-corrected chi connectivity index (χ1v) is 9.21. The van der Waals surface area contributed by atoms with Crippen LogP contribution in [0, 0.1) is 5.92 Å². The molecule has 1 saturated heterocycles. The third kappa shape index (κ3) is 3.37. The Kier molecular flexibility index (Phi) is 4.51. The minimum absolute atomic E-state index is 0.0327. The zero-order valence-electron chi connectivity index (χ0n) is 15.6. The first kappa shape index (κ1) is 17.5. The predicted octanol–water partition coefficient (Wildman–Crippen LogP) is 1.23. The van der Waals surface area contributed by atoms with Crippen molar-refractivity contribution in [2.75, 3.05) is 32.1 Å². The highest BCUT2D eigenvalue weighted by molar-refractivity contribution is 5.89. The van der Waals surface area contributed by atoms with Crippen LogP contribution in [0.4, 0.5) is 5.82 Å². The van der Waals surface area contributed by atoms with Crippen molar-refractivity contribution in [3.63, 3.8) is 0 Å². The molecule has 2 aliphatic heterocycles. The van der Waals surface area contributed by atoms with Crippen LogP contribution in [0.15, 0.2) is 30.3 Å². The van der Waals surface area contributed by atoms with Gasteiger partial charge in [0.05, 0.1) is 18.2 Å². The molecule has 140 valence electrons. The maximum absolute atomic E-state index is 12.8. The SMILES string of the molecule is CN(C)c1nc(-c2ccccc2)nc2c1CCN(C(=O)C1CNC(=O)C1)C2. The Bertz CT molecular complexity index is 881. The Hall–Kier alpha value is -2.96. The van der Waals surface area contributed by atoms with E-state index in [2.05, 4.69) is 5.32 Å². The minimum Gasteiger partial charge on any atom is -0.362 e. The Balaban J connectivity index is 1.66. The number of carbonyl (C=O) groups is 2. The quantitative estimate of drug-likeness (QED) is 0.885. The van der Waals surface area contributed by atoms with Gasteiger partial charge in [0.15, 0.2) is 5.82 Å². The molecule has 1 fully saturated rings. The van der Waals surface area contributed by atoms with Gasteiger partial charge in [-0.15, -0.1) is 0 Å². The summed E-state index contributed by atoms with van der Waals surface area (Å²) in [7, 11) is 3.95. The molecule has 2 amide bonds. The maximum Gasteiger partial charge on any atom is 0.228 e. The zero-order chi connectivity index (χ0) is 19.0. The number of fused-ring (bicyclic) bond motifs is 1. The number of nitrogens with zero attached hydrogens (tertiary/aromatic N) is 4. The molecule has 1 aromatic carbocycles. The number of hydrogen-bond donors (Lipinski definition) is 1. The van der Waals surface area contributed by atoms with E-state index in [1.165, 1.54) is 0 Å². The average Bonchev–Trinajstić information content (AvgIpc) is 3.13. The lowest BCUT2D eigenvalue weighted by atomic mass is 10.0. The number of benzene rings is 1. The number of hydrogen-bond acceptors (Lipinski definition) is 5. The summed E-state index contributed by atoms with van der Waals surface area (Å²) < 4.78 is 0. The molecule has 1 unspecified atom stereocenters. The van der Waals surface area contributed by atoms with Crippen molar-refractivity contribution < 1.29 is 9.59 Å². The van der Waals surface area contributed by atoms with Crippen LogP contribution in [0.5, 0.6) is 0 Å². The molecule has 2 aromatic rings. The van der Waals surface area contributed by atoms with Gasteiger partial charge in [-0.25, -0.2) is 9.97 Å². The number of anilines is 1. The number of rotatable bonds is 3. The second-order valence-electron chi connectivity index (χ2n) is 7.27. The molecule has 3 heterocycles. The summed E-state index contributed by atoms with van der Waals surface area (Å²) in [6.07, 6.45) is 1.00. The average molecular weight is 365 g/mol. The van der Waals surface area contributed by atoms with Crippen molar-refractivity contribution in [2.24, 2.45) is 5.92 Å². The normalized spacial score (nSPS) is 18.8. The van der Waals surface area contributed by atoms with Gasteiger partial charge in [-0.2, -0.15) is 0 Å². The van der Waals surface area contributed by atoms with Crippen molar-refractivity contribution in [1.82, 2.24) is 20.2 Å². The molecule has 1 atom stereocenters. The lowest BCUT2D eigenvalue weighted by Crippen LogP contribution is -2.41. The monoisotopic (exact) mass is 365 g/mol. The Labute approximate surface area is 158 Å². The molecule has 2 aliphatic rings. The fourth-order valence-corrected chi connectivity index (χ4v) is 3.72. The first-order valence-electron chi connectivity index (χ1n) is 9.21. The molecule has 0 bridgehead atoms. The van der Waals surface area contributed by atoms with Gasteiger partial charge in [0.2, 0.25) is 11.8 Å². The van der Waals surface area contributed by atoms with Crippen LogP contribution in [0.25, 0.3) is 11.4 Å². The molecule has 7 heteroatoms. The molecule has 1 aromatic heterocycles. The van der Waals surface area contributed by atoms with Crippen molar-refractivity contribution in [1.29, 1.82) is 0 Å². The molecule has 0 saturated carbocycles. The summed E-state index contributed by atoms with van der Waals surface area (Å²) in [5.74, 6) is 1.30. The van der Waals surface area contributed by atoms with Crippen molar-refractivity contribution >= 4 is 17.6 Å². The van der Waals surface area contributed by atoms with Crippen LogP contribution in [0.2, 0.25) is 0 Å². The lowest BCUT2D eigenvalue weighted by Gasteiger charge is -2.32. The fourth-order valence-electron chi connectivity index (χ4n) is 3.72. The van der Waals surface area contributed by atoms with E-state index < -0.39 is 0 Å². The molecule has 0 aliphatic carbocycles. The Morgan fingerprint density at radius 1 is 1.22 bits per heavy atom. The third-order valence-electron chi connectivity index (χ3n) is 5.14. The molecule has 1 N–H and O–H groups in total. The summed E-state index contributed by atoms with van der Waals surface area (Å²) in [5, 5.41) is 2.74.